The molecule has 0 spiro atoms. The molecule has 1 aromatic rings. The molecule has 0 aromatic heterocycles. The van der Waals surface area contributed by atoms with Crippen molar-refractivity contribution in [1.29, 1.82) is 0 Å². The fourth-order valence-corrected chi connectivity index (χ4v) is 4.55. The summed E-state index contributed by atoms with van der Waals surface area (Å²) in [5.74, 6) is 0.490. The van der Waals surface area contributed by atoms with E-state index in [9.17, 15) is 9.59 Å². The van der Waals surface area contributed by atoms with Gasteiger partial charge >= 0.3 is 0 Å². The van der Waals surface area contributed by atoms with Gasteiger partial charge in [0.15, 0.2) is 6.29 Å². The Balaban J connectivity index is 0. The van der Waals surface area contributed by atoms with Crippen LogP contribution in [0, 0.1) is 5.41 Å². The number of unbranched alkanes of at least 4 members (excludes halogenated alkanes) is 1. The number of amides is 1. The van der Waals surface area contributed by atoms with Crippen molar-refractivity contribution in [3.63, 3.8) is 0 Å². The van der Waals surface area contributed by atoms with Crippen LogP contribution in [0.4, 0.5) is 5.69 Å². The number of nitrogens with two attached hydrogens (primary N) is 1. The summed E-state index contributed by atoms with van der Waals surface area (Å²) >= 11 is 6.69. The minimum Gasteiger partial charge on any atom is -0.486 e. The van der Waals surface area contributed by atoms with Crippen molar-refractivity contribution < 1.29 is 19.1 Å². The average Bonchev–Trinajstić information content (AvgIpc) is 3.30. The minimum atomic E-state index is -0.421. The van der Waals surface area contributed by atoms with Gasteiger partial charge in [0.05, 0.1) is 17.3 Å². The molecule has 0 bridgehead atoms. The highest BCUT2D eigenvalue weighted by molar-refractivity contribution is 6.30. The van der Waals surface area contributed by atoms with Gasteiger partial charge < -0.3 is 31.2 Å². The van der Waals surface area contributed by atoms with Crippen LogP contribution in [0.3, 0.4) is 0 Å². The molecule has 0 radical (unpaired) electrons. The monoisotopic (exact) mass is 606 g/mol. The van der Waals surface area contributed by atoms with Crippen LogP contribution in [0.25, 0.3) is 0 Å². The number of aldehydes is 1. The van der Waals surface area contributed by atoms with Crippen LogP contribution in [-0.4, -0.2) is 52.7 Å². The fraction of sp³-hybridized carbons (Fsp3) is 0.515. The lowest BCUT2D eigenvalue weighted by Gasteiger charge is -2.25. The molecule has 1 fully saturated rings. The van der Waals surface area contributed by atoms with Crippen molar-refractivity contribution in [3.05, 3.63) is 77.3 Å². The fourth-order valence-electron chi connectivity index (χ4n) is 4.03. The summed E-state index contributed by atoms with van der Waals surface area (Å²) in [5, 5.41) is 9.21. The number of halogens is 1. The second-order valence-corrected chi connectivity index (χ2v) is 11.1. The molecule has 5 N–H and O–H groups in total. The lowest BCUT2D eigenvalue weighted by atomic mass is 9.84. The van der Waals surface area contributed by atoms with Gasteiger partial charge in [-0.3, -0.25) is 9.59 Å². The average molecular weight is 607 g/mol. The van der Waals surface area contributed by atoms with E-state index in [1.54, 1.807) is 7.05 Å². The number of benzene rings is 1. The number of nitrogens with one attached hydrogen (secondary N) is 3. The lowest BCUT2D eigenvalue weighted by Crippen LogP contribution is -2.32. The van der Waals surface area contributed by atoms with Crippen molar-refractivity contribution in [2.45, 2.75) is 72.3 Å². The van der Waals surface area contributed by atoms with E-state index in [1.807, 2.05) is 51.2 Å². The first-order valence-electron chi connectivity index (χ1n) is 14.1. The zero-order valence-electron chi connectivity index (χ0n) is 27.3. The SMILES string of the molecule is C=C.CCC/C=C1/CC(C)(C)O/C1=C(/Cl)CC(C)(C)CC(=O)N/C(C=O)=C(\COC)NC.CN.CNc1ccccc1. The summed E-state index contributed by atoms with van der Waals surface area (Å²) in [6.07, 6.45) is 6.36. The van der Waals surface area contributed by atoms with Crippen LogP contribution in [-0.2, 0) is 19.1 Å². The Hall–Kier alpha value is -3.07. The summed E-state index contributed by atoms with van der Waals surface area (Å²) < 4.78 is 11.2. The van der Waals surface area contributed by atoms with E-state index in [1.165, 1.54) is 14.2 Å². The first-order chi connectivity index (χ1) is 19.9. The molecule has 1 saturated heterocycles. The summed E-state index contributed by atoms with van der Waals surface area (Å²) in [5.41, 5.74) is 6.78. The maximum absolute atomic E-state index is 12.6. The van der Waals surface area contributed by atoms with Crippen molar-refractivity contribution >= 4 is 29.5 Å². The van der Waals surface area contributed by atoms with E-state index in [0.29, 0.717) is 23.4 Å². The van der Waals surface area contributed by atoms with E-state index in [0.717, 1.165) is 36.3 Å². The molecule has 1 aliphatic rings. The van der Waals surface area contributed by atoms with Crippen molar-refractivity contribution in [3.8, 4) is 0 Å². The Morgan fingerprint density at radius 2 is 1.76 bits per heavy atom. The molecule has 0 unspecified atom stereocenters. The summed E-state index contributed by atoms with van der Waals surface area (Å²) in [6.45, 7) is 16.4. The Morgan fingerprint density at radius 3 is 2.21 bits per heavy atom. The molecule has 1 heterocycles. The standard InChI is InChI=1S/C23H37ClN2O4.C7H9N.C2H4.CH5N/c1-8-9-10-16-11-23(4,5)30-21(16)17(24)12-22(2,3)13-20(28)26-18(14-27)19(25-6)15-29-7;1-8-7-5-3-2-4-6-7;2*1-2/h10,14,25H,8-9,11-13,15H2,1-7H3,(H,26,28);2-6,8H,1H3;1-2H2;2H2,1H3/b16-10-,19-18+,21-17+;;;. The topological polar surface area (TPSA) is 115 Å². The van der Waals surface area contributed by atoms with Crippen LogP contribution >= 0.6 is 11.6 Å². The maximum atomic E-state index is 12.6. The zero-order valence-corrected chi connectivity index (χ0v) is 28.0. The third-order valence-corrected chi connectivity index (χ3v) is 6.16. The predicted octanol–water partition coefficient (Wildman–Crippen LogP) is 6.67. The van der Waals surface area contributed by atoms with Gasteiger partial charge in [0.1, 0.15) is 17.1 Å². The summed E-state index contributed by atoms with van der Waals surface area (Å²) in [6, 6.07) is 10.1. The molecule has 42 heavy (non-hydrogen) atoms. The number of anilines is 1. The number of para-hydroxylation sites is 1. The second kappa shape index (κ2) is 22.5. The van der Waals surface area contributed by atoms with E-state index < -0.39 is 5.41 Å². The number of allylic oxidation sites excluding steroid dienone is 4. The number of ether oxygens (including phenoxy) is 2. The Labute approximate surface area is 259 Å². The smallest absolute Gasteiger partial charge is 0.225 e. The Kier molecular flexibility index (Phi) is 22.0. The van der Waals surface area contributed by atoms with Gasteiger partial charge in [0, 0.05) is 39.7 Å². The van der Waals surface area contributed by atoms with Gasteiger partial charge in [-0.05, 0) is 56.9 Å². The molecular weight excluding hydrogens is 552 g/mol. The highest BCUT2D eigenvalue weighted by atomic mass is 35.5. The van der Waals surface area contributed by atoms with Crippen molar-refractivity contribution in [2.24, 2.45) is 11.1 Å². The number of rotatable bonds is 12. The molecule has 0 saturated carbocycles. The van der Waals surface area contributed by atoms with E-state index >= 15 is 0 Å². The minimum absolute atomic E-state index is 0.176. The zero-order chi connectivity index (χ0) is 32.8. The van der Waals surface area contributed by atoms with Crippen molar-refractivity contribution in [1.82, 2.24) is 10.6 Å². The molecular formula is C33H55ClN4O4. The van der Waals surface area contributed by atoms with Gasteiger partial charge in [-0.1, -0.05) is 63.1 Å². The molecule has 1 aliphatic heterocycles. The van der Waals surface area contributed by atoms with Crippen LogP contribution < -0.4 is 21.7 Å². The van der Waals surface area contributed by atoms with Crippen LogP contribution in [0.1, 0.15) is 66.7 Å². The maximum Gasteiger partial charge on any atom is 0.225 e. The van der Waals surface area contributed by atoms with E-state index in [4.69, 9.17) is 21.1 Å². The number of carbonyl (C=O) groups excluding carboxylic acids is 2. The highest BCUT2D eigenvalue weighted by Crippen LogP contribution is 2.43. The third-order valence-electron chi connectivity index (χ3n) is 5.85. The van der Waals surface area contributed by atoms with Crippen LogP contribution in [0.5, 0.6) is 0 Å². The number of methoxy groups -OCH3 is 1. The van der Waals surface area contributed by atoms with Gasteiger partial charge in [-0.2, -0.15) is 0 Å². The first kappa shape index (κ1) is 41.1. The van der Waals surface area contributed by atoms with Gasteiger partial charge in [0.25, 0.3) is 0 Å². The van der Waals surface area contributed by atoms with Crippen LogP contribution in [0.15, 0.2) is 77.3 Å². The predicted molar refractivity (Wildman–Crippen MR) is 178 cm³/mol. The number of hydrogen-bond acceptors (Lipinski definition) is 7. The van der Waals surface area contributed by atoms with Crippen molar-refractivity contribution in [2.75, 3.05) is 40.2 Å². The van der Waals surface area contributed by atoms with Gasteiger partial charge in [-0.15, -0.1) is 13.2 Å². The molecule has 2 rings (SSSR count). The molecule has 1 amide bonds. The number of likely N-dealkylation sites (N-methyl/N-ethyl adjacent to an activating group) is 1. The van der Waals surface area contributed by atoms with Gasteiger partial charge in [0.2, 0.25) is 5.91 Å². The first-order valence-corrected chi connectivity index (χ1v) is 14.5. The normalized spacial score (nSPS) is 16.0. The van der Waals surface area contributed by atoms with E-state index in [-0.39, 0.29) is 30.2 Å². The summed E-state index contributed by atoms with van der Waals surface area (Å²) in [4.78, 5) is 24.0. The number of carbonyl (C=O) groups is 2. The third kappa shape index (κ3) is 16.4. The quantitative estimate of drug-likeness (QED) is 0.119. The van der Waals surface area contributed by atoms with Crippen LogP contribution in [0.2, 0.25) is 0 Å². The number of hydrogen-bond donors (Lipinski definition) is 4. The molecule has 0 atom stereocenters. The lowest BCUT2D eigenvalue weighted by molar-refractivity contribution is -0.123. The molecule has 238 valence electrons. The van der Waals surface area contributed by atoms with Gasteiger partial charge in [-0.25, -0.2) is 0 Å². The summed E-state index contributed by atoms with van der Waals surface area (Å²) in [7, 11) is 6.61. The largest absolute Gasteiger partial charge is 0.486 e. The second-order valence-electron chi connectivity index (χ2n) is 10.7. The van der Waals surface area contributed by atoms with E-state index in [2.05, 4.69) is 61.7 Å². The molecule has 8 nitrogen and oxygen atoms in total. The molecule has 0 aliphatic carbocycles. The Bertz CT molecular complexity index is 1020. The molecule has 1 aromatic carbocycles. The Morgan fingerprint density at radius 1 is 1.17 bits per heavy atom. The molecule has 9 heteroatoms. The highest BCUT2D eigenvalue weighted by Gasteiger charge is 2.35.